The highest BCUT2D eigenvalue weighted by Crippen LogP contribution is 2.34. The van der Waals surface area contributed by atoms with Gasteiger partial charge in [-0.3, -0.25) is 4.79 Å². The van der Waals surface area contributed by atoms with Crippen molar-refractivity contribution in [1.29, 1.82) is 0 Å². The van der Waals surface area contributed by atoms with Gasteiger partial charge < -0.3 is 19.8 Å². The lowest BCUT2D eigenvalue weighted by molar-refractivity contribution is -0.664. The Kier molecular flexibility index (Phi) is 5.35. The summed E-state index contributed by atoms with van der Waals surface area (Å²) in [4.78, 5) is 13.0. The zero-order chi connectivity index (χ0) is 21.2. The van der Waals surface area contributed by atoms with E-state index in [-0.39, 0.29) is 12.0 Å². The molecule has 2 heterocycles. The average molecular weight is 416 g/mol. The van der Waals surface area contributed by atoms with Gasteiger partial charge in [-0.05, 0) is 35.4 Å². The van der Waals surface area contributed by atoms with Crippen molar-refractivity contribution >= 4 is 27.6 Å². The second-order valence-corrected chi connectivity index (χ2v) is 8.19. The van der Waals surface area contributed by atoms with E-state index in [1.165, 1.54) is 0 Å². The molecule has 3 N–H and O–H groups in total. The van der Waals surface area contributed by atoms with Crippen LogP contribution in [0.4, 0.5) is 0 Å². The number of nitrogens with two attached hydrogens (primary N) is 1. The number of piperidine rings is 1. The van der Waals surface area contributed by atoms with E-state index in [0.29, 0.717) is 17.9 Å². The molecule has 0 spiro atoms. The molecule has 0 bridgehead atoms. The van der Waals surface area contributed by atoms with Crippen molar-refractivity contribution in [3.05, 3.63) is 77.6 Å². The van der Waals surface area contributed by atoms with Crippen molar-refractivity contribution in [2.24, 2.45) is 0 Å². The number of benzene rings is 3. The minimum atomic E-state index is -0.208. The highest BCUT2D eigenvalue weighted by molar-refractivity contribution is 6.01. The second kappa shape index (κ2) is 8.44. The molecule has 0 unspecified atom stereocenters. The molecule has 1 fully saturated rings. The fraction of sp³-hybridized carbons (Fsp3) is 0.269. The number of ether oxygens (including phenoxy) is 1. The summed E-state index contributed by atoms with van der Waals surface area (Å²) in [6, 6.07) is 20.1. The summed E-state index contributed by atoms with van der Waals surface area (Å²) in [5.74, 6) is 0.946. The first kappa shape index (κ1) is 19.6. The largest absolute Gasteiger partial charge is 0.489 e. The quantitative estimate of drug-likeness (QED) is 0.519. The first-order valence-electron chi connectivity index (χ1n) is 11.0. The van der Waals surface area contributed by atoms with Gasteiger partial charge in [-0.1, -0.05) is 48.5 Å². The molecular weight excluding hydrogens is 388 g/mol. The molecule has 1 aromatic heterocycles. The molecule has 4 aromatic rings. The number of rotatable bonds is 5. The number of hydrogen-bond donors (Lipinski definition) is 2. The van der Waals surface area contributed by atoms with E-state index in [0.717, 1.165) is 59.0 Å². The topological polar surface area (TPSA) is 68.1 Å². The fourth-order valence-electron chi connectivity index (χ4n) is 4.48. The fourth-order valence-corrected chi connectivity index (χ4v) is 4.48. The average Bonchev–Trinajstić information content (AvgIpc) is 3.15. The van der Waals surface area contributed by atoms with Gasteiger partial charge in [0.25, 0.3) is 5.91 Å². The van der Waals surface area contributed by atoms with Crippen molar-refractivity contribution in [2.75, 3.05) is 13.1 Å². The van der Waals surface area contributed by atoms with Crippen LogP contribution in [0.15, 0.2) is 65.1 Å². The molecule has 5 nitrogen and oxygen atoms in total. The molecule has 0 aliphatic carbocycles. The molecule has 5 rings (SSSR count). The maximum absolute atomic E-state index is 13.0. The molecule has 1 amide bonds. The van der Waals surface area contributed by atoms with Crippen LogP contribution in [0.2, 0.25) is 0 Å². The Morgan fingerprint density at radius 2 is 1.84 bits per heavy atom. The Labute approximate surface area is 181 Å². The minimum Gasteiger partial charge on any atom is -0.489 e. The van der Waals surface area contributed by atoms with E-state index in [1.54, 1.807) is 0 Å². The molecule has 1 aliphatic heterocycles. The first-order chi connectivity index (χ1) is 15.2. The van der Waals surface area contributed by atoms with E-state index in [1.807, 2.05) is 49.4 Å². The SMILES string of the molecule is Cc1c(C(=O)NCc2cccc3ccccc23)oc2cccc(OC3CC[NH2+]CC3)c12. The van der Waals surface area contributed by atoms with Crippen molar-refractivity contribution in [3.8, 4) is 5.75 Å². The van der Waals surface area contributed by atoms with Crippen LogP contribution in [0.5, 0.6) is 5.75 Å². The number of hydrogen-bond acceptors (Lipinski definition) is 3. The molecule has 0 atom stereocenters. The summed E-state index contributed by atoms with van der Waals surface area (Å²) in [6.07, 6.45) is 2.28. The minimum absolute atomic E-state index is 0.208. The van der Waals surface area contributed by atoms with Crippen LogP contribution in [-0.2, 0) is 6.54 Å². The van der Waals surface area contributed by atoms with E-state index in [2.05, 4.69) is 28.8 Å². The molecule has 1 aliphatic rings. The number of quaternary nitrogens is 1. The lowest BCUT2D eigenvalue weighted by Crippen LogP contribution is -2.86. The Morgan fingerprint density at radius 3 is 2.71 bits per heavy atom. The second-order valence-electron chi connectivity index (χ2n) is 8.19. The normalized spacial score (nSPS) is 14.7. The molecule has 31 heavy (non-hydrogen) atoms. The van der Waals surface area contributed by atoms with Crippen molar-refractivity contribution in [3.63, 3.8) is 0 Å². The molecule has 3 aromatic carbocycles. The molecule has 1 saturated heterocycles. The third-order valence-electron chi connectivity index (χ3n) is 6.12. The summed E-state index contributed by atoms with van der Waals surface area (Å²) in [5, 5.41) is 8.56. The van der Waals surface area contributed by atoms with Gasteiger partial charge in [-0.2, -0.15) is 0 Å². The van der Waals surface area contributed by atoms with Gasteiger partial charge in [0.05, 0.1) is 18.5 Å². The van der Waals surface area contributed by atoms with Gasteiger partial charge in [0, 0.05) is 24.9 Å². The summed E-state index contributed by atoms with van der Waals surface area (Å²) in [7, 11) is 0. The van der Waals surface area contributed by atoms with Crippen LogP contribution in [-0.4, -0.2) is 25.1 Å². The number of furan rings is 1. The monoisotopic (exact) mass is 415 g/mol. The van der Waals surface area contributed by atoms with Gasteiger partial charge in [0.2, 0.25) is 0 Å². The van der Waals surface area contributed by atoms with Crippen molar-refractivity contribution in [1.82, 2.24) is 5.32 Å². The van der Waals surface area contributed by atoms with Crippen LogP contribution in [0.25, 0.3) is 21.7 Å². The molecule has 5 heteroatoms. The number of aryl methyl sites for hydroxylation is 1. The van der Waals surface area contributed by atoms with Crippen molar-refractivity contribution < 1.29 is 19.3 Å². The van der Waals surface area contributed by atoms with Crippen LogP contribution in [0.3, 0.4) is 0 Å². The van der Waals surface area contributed by atoms with Crippen LogP contribution in [0, 0.1) is 6.92 Å². The van der Waals surface area contributed by atoms with Gasteiger partial charge in [0.1, 0.15) is 17.4 Å². The van der Waals surface area contributed by atoms with E-state index in [9.17, 15) is 4.79 Å². The number of amides is 1. The standard InChI is InChI=1S/C26H26N2O3/c1-17-24-22(30-20-12-14-27-15-13-20)10-5-11-23(24)31-25(17)26(29)28-16-19-8-4-7-18-6-2-3-9-21(18)19/h2-11,20,27H,12-16H2,1H3,(H,28,29)/p+1. The predicted octanol–water partition coefficient (Wildman–Crippen LogP) is 3.93. The number of carbonyl (C=O) groups is 1. The zero-order valence-electron chi connectivity index (χ0n) is 17.7. The summed E-state index contributed by atoms with van der Waals surface area (Å²) >= 11 is 0. The Bertz CT molecular complexity index is 1230. The number of carbonyl (C=O) groups excluding carboxylic acids is 1. The smallest absolute Gasteiger partial charge is 0.287 e. The Hall–Kier alpha value is -3.31. The van der Waals surface area contributed by atoms with Gasteiger partial charge in [0.15, 0.2) is 5.76 Å². The third kappa shape index (κ3) is 3.89. The number of fused-ring (bicyclic) bond motifs is 2. The molecule has 158 valence electrons. The highest BCUT2D eigenvalue weighted by atomic mass is 16.5. The van der Waals surface area contributed by atoms with Crippen LogP contribution in [0.1, 0.15) is 34.5 Å². The molecule has 0 radical (unpaired) electrons. The van der Waals surface area contributed by atoms with Gasteiger partial charge in [-0.15, -0.1) is 0 Å². The maximum Gasteiger partial charge on any atom is 0.287 e. The van der Waals surface area contributed by atoms with E-state index in [4.69, 9.17) is 9.15 Å². The Morgan fingerprint density at radius 1 is 1.06 bits per heavy atom. The van der Waals surface area contributed by atoms with E-state index >= 15 is 0 Å². The maximum atomic E-state index is 13.0. The first-order valence-corrected chi connectivity index (χ1v) is 11.0. The van der Waals surface area contributed by atoms with Crippen LogP contribution < -0.4 is 15.4 Å². The lowest BCUT2D eigenvalue weighted by Gasteiger charge is -2.22. The predicted molar refractivity (Wildman–Crippen MR) is 121 cm³/mol. The van der Waals surface area contributed by atoms with E-state index < -0.39 is 0 Å². The van der Waals surface area contributed by atoms with Crippen LogP contribution >= 0.6 is 0 Å². The third-order valence-corrected chi connectivity index (χ3v) is 6.12. The zero-order valence-corrected chi connectivity index (χ0v) is 17.7. The van der Waals surface area contributed by atoms with Gasteiger partial charge in [-0.25, -0.2) is 0 Å². The Balaban J connectivity index is 1.38. The van der Waals surface area contributed by atoms with Crippen molar-refractivity contribution in [2.45, 2.75) is 32.4 Å². The molecule has 0 saturated carbocycles. The van der Waals surface area contributed by atoms with Gasteiger partial charge >= 0.3 is 0 Å². The summed E-state index contributed by atoms with van der Waals surface area (Å²) < 4.78 is 12.3. The molecular formula is C26H27N2O3+. The summed E-state index contributed by atoms with van der Waals surface area (Å²) in [5.41, 5.74) is 2.59. The summed E-state index contributed by atoms with van der Waals surface area (Å²) in [6.45, 7) is 4.55. The highest BCUT2D eigenvalue weighted by Gasteiger charge is 2.23. The lowest BCUT2D eigenvalue weighted by atomic mass is 10.0. The number of nitrogens with one attached hydrogen (secondary N) is 1.